The van der Waals surface area contributed by atoms with Crippen molar-refractivity contribution in [3.63, 3.8) is 0 Å². The SMILES string of the molecule is [Na+].[Na+].[S-]OOOC1CCCC(P(C2CCCCC2)C2CCCC(OOO[S-])C2)C1. The molecular formula is C18H31Na2O6PS2. The topological polar surface area (TPSA) is 55.4 Å². The van der Waals surface area contributed by atoms with E-state index in [1.165, 1.54) is 57.8 Å². The minimum atomic E-state index is -0.103. The maximum Gasteiger partial charge on any atom is 1.00 e. The number of hydrogen-bond acceptors (Lipinski definition) is 8. The van der Waals surface area contributed by atoms with Crippen molar-refractivity contribution in [2.24, 2.45) is 0 Å². The summed E-state index contributed by atoms with van der Waals surface area (Å²) in [7, 11) is -0.103. The van der Waals surface area contributed by atoms with Crippen LogP contribution in [0.3, 0.4) is 0 Å². The molecule has 0 amide bonds. The Kier molecular flexibility index (Phi) is 17.9. The quantitative estimate of drug-likeness (QED) is 0.138. The van der Waals surface area contributed by atoms with E-state index in [-0.39, 0.29) is 79.2 Å². The van der Waals surface area contributed by atoms with Gasteiger partial charge in [0, 0.05) is 0 Å². The summed E-state index contributed by atoms with van der Waals surface area (Å²) in [5, 5.41) is 9.23. The fourth-order valence-electron chi connectivity index (χ4n) is 5.37. The summed E-state index contributed by atoms with van der Waals surface area (Å²) in [6.07, 6.45) is 16.2. The molecule has 0 spiro atoms. The molecular weight excluding hydrogens is 453 g/mol. The Morgan fingerprint density at radius 1 is 0.552 bits per heavy atom. The molecule has 3 aliphatic carbocycles. The predicted molar refractivity (Wildman–Crippen MR) is 107 cm³/mol. The molecule has 3 fully saturated rings. The summed E-state index contributed by atoms with van der Waals surface area (Å²) in [6.45, 7) is 0. The van der Waals surface area contributed by atoms with Crippen molar-refractivity contribution in [1.29, 1.82) is 0 Å². The summed E-state index contributed by atoms with van der Waals surface area (Å²) in [6, 6.07) is 0. The Hall–Kier alpha value is 2.89. The average Bonchev–Trinajstić information content (AvgIpc) is 2.72. The van der Waals surface area contributed by atoms with Gasteiger partial charge in [0.05, 0.1) is 12.2 Å². The molecule has 4 unspecified atom stereocenters. The Balaban J connectivity index is 0.00000210. The first kappa shape index (κ1) is 29.9. The van der Waals surface area contributed by atoms with Crippen molar-refractivity contribution in [3.05, 3.63) is 0 Å². The normalized spacial score (nSPS) is 32.1. The molecule has 29 heavy (non-hydrogen) atoms. The van der Waals surface area contributed by atoms with E-state index >= 15 is 0 Å². The largest absolute Gasteiger partial charge is 1.00 e. The van der Waals surface area contributed by atoms with Crippen molar-refractivity contribution >= 4 is 33.7 Å². The molecule has 0 heterocycles. The van der Waals surface area contributed by atoms with E-state index in [1.54, 1.807) is 0 Å². The van der Waals surface area contributed by atoms with Crippen LogP contribution < -0.4 is 59.1 Å². The molecule has 0 aromatic rings. The summed E-state index contributed by atoms with van der Waals surface area (Å²) in [4.78, 5) is 10.7. The summed E-state index contributed by atoms with van der Waals surface area (Å²) >= 11 is 8.74. The van der Waals surface area contributed by atoms with Crippen LogP contribution in [-0.2, 0) is 54.3 Å². The van der Waals surface area contributed by atoms with Gasteiger partial charge in [-0.25, -0.2) is 9.78 Å². The Bertz CT molecular complexity index is 398. The third-order valence-corrected chi connectivity index (χ3v) is 10.5. The van der Waals surface area contributed by atoms with E-state index in [4.69, 9.17) is 9.78 Å². The van der Waals surface area contributed by atoms with Crippen LogP contribution in [0.2, 0.25) is 0 Å². The zero-order chi connectivity index (χ0) is 18.9. The van der Waals surface area contributed by atoms with Crippen LogP contribution in [0.1, 0.15) is 83.5 Å². The monoisotopic (exact) mass is 484 g/mol. The van der Waals surface area contributed by atoms with Gasteiger partial charge in [0.25, 0.3) is 0 Å². The third kappa shape index (κ3) is 9.96. The van der Waals surface area contributed by atoms with Crippen molar-refractivity contribution in [1.82, 2.24) is 0 Å². The van der Waals surface area contributed by atoms with Gasteiger partial charge in [-0.2, -0.15) is 0 Å². The minimum absolute atomic E-state index is 0. The van der Waals surface area contributed by atoms with Crippen molar-refractivity contribution in [2.75, 3.05) is 0 Å². The molecule has 0 N–H and O–H groups in total. The Morgan fingerprint density at radius 3 is 1.45 bits per heavy atom. The molecule has 3 aliphatic rings. The summed E-state index contributed by atoms with van der Waals surface area (Å²) in [5.41, 5.74) is 2.30. The molecule has 0 radical (unpaired) electrons. The molecule has 0 aromatic carbocycles. The van der Waals surface area contributed by atoms with Crippen LogP contribution in [-0.4, -0.2) is 29.2 Å². The van der Waals surface area contributed by atoms with Crippen LogP contribution in [0.15, 0.2) is 0 Å². The Labute approximate surface area is 231 Å². The van der Waals surface area contributed by atoms with Gasteiger partial charge in [0.2, 0.25) is 0 Å². The van der Waals surface area contributed by atoms with Crippen LogP contribution >= 0.6 is 7.92 Å². The van der Waals surface area contributed by atoms with Crippen LogP contribution in [0.5, 0.6) is 0 Å². The predicted octanol–water partition coefficient (Wildman–Crippen LogP) is -0.885. The van der Waals surface area contributed by atoms with Crippen molar-refractivity contribution < 1.29 is 87.6 Å². The second kappa shape index (κ2) is 17.3. The first-order chi connectivity index (χ1) is 13.3. The zero-order valence-electron chi connectivity index (χ0n) is 17.8. The van der Waals surface area contributed by atoms with Crippen LogP contribution in [0, 0.1) is 0 Å². The summed E-state index contributed by atoms with van der Waals surface area (Å²) < 4.78 is 8.48. The first-order valence-electron chi connectivity index (χ1n) is 10.3. The first-order valence-corrected chi connectivity index (χ1v) is 12.5. The zero-order valence-corrected chi connectivity index (χ0v) is 24.3. The van der Waals surface area contributed by atoms with Gasteiger partial charge in [-0.1, -0.05) is 50.1 Å². The molecule has 3 saturated carbocycles. The second-order valence-electron chi connectivity index (χ2n) is 8.09. The second-order valence-corrected chi connectivity index (χ2v) is 11.4. The van der Waals surface area contributed by atoms with Gasteiger partial charge in [-0.3, -0.25) is 0 Å². The van der Waals surface area contributed by atoms with E-state index in [0.29, 0.717) is 0 Å². The van der Waals surface area contributed by atoms with Gasteiger partial charge < -0.3 is 34.5 Å². The van der Waals surface area contributed by atoms with Crippen molar-refractivity contribution in [2.45, 2.75) is 113 Å². The maximum absolute atomic E-state index is 5.37. The molecule has 6 nitrogen and oxygen atoms in total. The van der Waals surface area contributed by atoms with E-state index in [1.807, 2.05) is 0 Å². The maximum atomic E-state index is 5.37. The molecule has 3 rings (SSSR count). The molecule has 11 heteroatoms. The fraction of sp³-hybridized carbons (Fsp3) is 1.00. The number of rotatable bonds is 9. The summed E-state index contributed by atoms with van der Waals surface area (Å²) in [5.74, 6) is 0. The van der Waals surface area contributed by atoms with E-state index in [2.05, 4.69) is 44.6 Å². The minimum Gasteiger partial charge on any atom is -0.579 e. The smallest absolute Gasteiger partial charge is 0.579 e. The van der Waals surface area contributed by atoms with Gasteiger partial charge in [0.15, 0.2) is 0 Å². The Morgan fingerprint density at radius 2 is 1.00 bits per heavy atom. The van der Waals surface area contributed by atoms with Gasteiger partial charge in [-0.15, -0.1) is 0 Å². The standard InChI is InChI=1S/C18H33O6PS2.2Na/c26-23-21-19-14-6-4-10-17(12-14)25(16-8-2-1-3-9-16)18-11-5-7-15(13-18)20-22-24-27;;/h14-18,26-27H,1-13H2;;/q;2*+1/p-2. The van der Waals surface area contributed by atoms with E-state index < -0.39 is 0 Å². The fourth-order valence-corrected chi connectivity index (χ4v) is 10.1. The van der Waals surface area contributed by atoms with Crippen LogP contribution in [0.4, 0.5) is 0 Å². The van der Waals surface area contributed by atoms with Crippen molar-refractivity contribution in [3.8, 4) is 0 Å². The number of hydrogen-bond donors (Lipinski definition) is 0. The molecule has 0 saturated heterocycles. The van der Waals surface area contributed by atoms with Crippen LogP contribution in [0.25, 0.3) is 0 Å². The molecule has 158 valence electrons. The third-order valence-electron chi connectivity index (χ3n) is 6.44. The average molecular weight is 485 g/mol. The molecule has 4 atom stereocenters. The van der Waals surface area contributed by atoms with E-state index in [0.717, 1.165) is 42.7 Å². The molecule has 0 aliphatic heterocycles. The molecule has 0 bridgehead atoms. The van der Waals surface area contributed by atoms with Gasteiger partial charge in [-0.05, 0) is 68.3 Å². The van der Waals surface area contributed by atoms with Gasteiger partial charge in [0.1, 0.15) is 0 Å². The van der Waals surface area contributed by atoms with E-state index in [9.17, 15) is 0 Å². The molecule has 0 aromatic heterocycles. The van der Waals surface area contributed by atoms with Gasteiger partial charge >= 0.3 is 59.1 Å².